The van der Waals surface area contributed by atoms with Gasteiger partial charge in [-0.25, -0.2) is 0 Å². The van der Waals surface area contributed by atoms with E-state index in [-0.39, 0.29) is 6.04 Å². The molecule has 2 aliphatic rings. The van der Waals surface area contributed by atoms with E-state index in [1.165, 1.54) is 5.56 Å². The highest BCUT2D eigenvalue weighted by atomic mass is 35.5. The Kier molecular flexibility index (Phi) is 4.54. The van der Waals surface area contributed by atoms with Gasteiger partial charge in [0, 0.05) is 38.6 Å². The topological polar surface area (TPSA) is 24.1 Å². The number of fused-ring (bicyclic) bond motifs is 3. The molecule has 0 aromatic heterocycles. The summed E-state index contributed by atoms with van der Waals surface area (Å²) in [4.78, 5) is 0. The fourth-order valence-electron chi connectivity index (χ4n) is 4.45. The van der Waals surface area contributed by atoms with Gasteiger partial charge >= 0.3 is 0 Å². The van der Waals surface area contributed by atoms with E-state index in [2.05, 4.69) is 53.1 Å². The Hall–Kier alpha value is -2.42. The third-order valence-electron chi connectivity index (χ3n) is 5.74. The van der Waals surface area contributed by atoms with Gasteiger partial charge in [0.15, 0.2) is 0 Å². The predicted octanol–water partition coefficient (Wildman–Crippen LogP) is 7.56. The Bertz CT molecular complexity index is 1030. The van der Waals surface area contributed by atoms with Crippen LogP contribution in [0.25, 0.3) is 0 Å². The van der Waals surface area contributed by atoms with Gasteiger partial charge in [-0.1, -0.05) is 59.6 Å². The number of hydrogen-bond acceptors (Lipinski definition) is 2. The van der Waals surface area contributed by atoms with Crippen LogP contribution < -0.4 is 10.6 Å². The number of anilines is 3. The molecule has 5 rings (SSSR count). The Labute approximate surface area is 175 Å². The van der Waals surface area contributed by atoms with Crippen molar-refractivity contribution in [1.29, 1.82) is 0 Å². The predicted molar refractivity (Wildman–Crippen MR) is 119 cm³/mol. The first-order valence-corrected chi connectivity index (χ1v) is 10.3. The van der Waals surface area contributed by atoms with Gasteiger partial charge in [0.25, 0.3) is 0 Å². The van der Waals surface area contributed by atoms with E-state index in [0.717, 1.165) is 39.1 Å². The van der Waals surface area contributed by atoms with Gasteiger partial charge in [-0.3, -0.25) is 0 Å². The van der Waals surface area contributed by atoms with E-state index in [0.29, 0.717) is 11.8 Å². The normalized spacial score (nSPS) is 22.3. The van der Waals surface area contributed by atoms with Gasteiger partial charge in [-0.2, -0.15) is 0 Å². The van der Waals surface area contributed by atoms with Gasteiger partial charge in [0.2, 0.25) is 0 Å². The molecule has 0 spiro atoms. The summed E-state index contributed by atoms with van der Waals surface area (Å²) in [6.45, 7) is 0. The number of rotatable bonds is 3. The van der Waals surface area contributed by atoms with E-state index < -0.39 is 0 Å². The number of nitrogens with one attached hydrogen (secondary N) is 2. The molecule has 4 heteroatoms. The first-order chi connectivity index (χ1) is 13.7. The molecule has 0 radical (unpaired) electrons. The summed E-state index contributed by atoms with van der Waals surface area (Å²) < 4.78 is 0. The lowest BCUT2D eigenvalue weighted by Gasteiger charge is -2.38. The van der Waals surface area contributed by atoms with E-state index in [9.17, 15) is 0 Å². The van der Waals surface area contributed by atoms with Crippen molar-refractivity contribution in [3.05, 3.63) is 100 Å². The summed E-state index contributed by atoms with van der Waals surface area (Å²) in [5.41, 5.74) is 5.65. The molecule has 3 aromatic rings. The molecular weight excluding hydrogens is 387 g/mol. The molecule has 1 heterocycles. The zero-order chi connectivity index (χ0) is 19.1. The minimum Gasteiger partial charge on any atom is -0.378 e. The van der Waals surface area contributed by atoms with E-state index in [4.69, 9.17) is 23.2 Å². The van der Waals surface area contributed by atoms with E-state index in [1.807, 2.05) is 36.4 Å². The van der Waals surface area contributed by atoms with Gasteiger partial charge in [0.1, 0.15) is 0 Å². The van der Waals surface area contributed by atoms with Crippen molar-refractivity contribution in [2.24, 2.45) is 5.92 Å². The van der Waals surface area contributed by atoms with Crippen LogP contribution in [0.5, 0.6) is 0 Å². The second-order valence-corrected chi connectivity index (χ2v) is 8.22. The first kappa shape index (κ1) is 17.7. The highest BCUT2D eigenvalue weighted by Crippen LogP contribution is 2.52. The molecule has 0 amide bonds. The molecule has 140 valence electrons. The summed E-state index contributed by atoms with van der Waals surface area (Å²) in [5.74, 6) is 0.753. The zero-order valence-corrected chi connectivity index (χ0v) is 16.7. The number of benzene rings is 3. The molecule has 1 aliphatic carbocycles. The number of halogens is 2. The van der Waals surface area contributed by atoms with Crippen LogP contribution in [0.2, 0.25) is 10.0 Å². The fourth-order valence-corrected chi connectivity index (χ4v) is 5.09. The van der Waals surface area contributed by atoms with Crippen LogP contribution in [0, 0.1) is 5.92 Å². The summed E-state index contributed by atoms with van der Waals surface area (Å²) in [7, 11) is 0. The van der Waals surface area contributed by atoms with E-state index in [1.54, 1.807) is 0 Å². The summed E-state index contributed by atoms with van der Waals surface area (Å²) in [6, 6.07) is 22.6. The van der Waals surface area contributed by atoms with Gasteiger partial charge < -0.3 is 10.6 Å². The lowest BCUT2D eigenvalue weighted by Crippen LogP contribution is -2.29. The molecular formula is C24H20Cl2N2. The third-order valence-corrected chi connectivity index (χ3v) is 6.40. The van der Waals surface area contributed by atoms with Gasteiger partial charge in [0.05, 0.1) is 6.04 Å². The van der Waals surface area contributed by atoms with Gasteiger partial charge in [-0.15, -0.1) is 0 Å². The van der Waals surface area contributed by atoms with Crippen LogP contribution in [-0.2, 0) is 0 Å². The highest BCUT2D eigenvalue weighted by Gasteiger charge is 2.39. The lowest BCUT2D eigenvalue weighted by molar-refractivity contribution is 0.426. The van der Waals surface area contributed by atoms with Crippen LogP contribution in [0.4, 0.5) is 17.1 Å². The maximum absolute atomic E-state index is 6.54. The average Bonchev–Trinajstić information content (AvgIpc) is 3.19. The van der Waals surface area contributed by atoms with Gasteiger partial charge in [-0.05, 0) is 60.4 Å². The zero-order valence-electron chi connectivity index (χ0n) is 15.2. The van der Waals surface area contributed by atoms with Crippen molar-refractivity contribution >= 4 is 40.3 Å². The highest BCUT2D eigenvalue weighted by molar-refractivity contribution is 6.36. The Morgan fingerprint density at radius 2 is 1.64 bits per heavy atom. The molecule has 2 N–H and O–H groups in total. The summed E-state index contributed by atoms with van der Waals surface area (Å²) >= 11 is 13.1. The molecule has 3 atom stereocenters. The number of para-hydroxylation sites is 1. The third kappa shape index (κ3) is 3.07. The standard InChI is InChI=1S/C24H20Cl2N2/c25-20-10-5-11-21(26)23(20)24-18-9-4-8-17(18)19-14-16(12-13-22(19)28-24)27-15-6-2-1-3-7-15/h1-8,10-14,17-18,24,27-28H,9H2. The Balaban J connectivity index is 1.52. The monoisotopic (exact) mass is 406 g/mol. The second kappa shape index (κ2) is 7.20. The van der Waals surface area contributed by atoms with Crippen LogP contribution in [-0.4, -0.2) is 0 Å². The number of allylic oxidation sites excluding steroid dienone is 2. The second-order valence-electron chi connectivity index (χ2n) is 7.40. The smallest absolute Gasteiger partial charge is 0.0583 e. The average molecular weight is 407 g/mol. The molecule has 1 aliphatic heterocycles. The van der Waals surface area contributed by atoms with Crippen molar-refractivity contribution in [3.63, 3.8) is 0 Å². The minimum atomic E-state index is 0.0987. The van der Waals surface area contributed by atoms with Crippen molar-refractivity contribution in [2.75, 3.05) is 10.6 Å². The van der Waals surface area contributed by atoms with E-state index >= 15 is 0 Å². The molecule has 28 heavy (non-hydrogen) atoms. The first-order valence-electron chi connectivity index (χ1n) is 9.54. The molecule has 0 fully saturated rings. The summed E-state index contributed by atoms with van der Waals surface area (Å²) in [6.07, 6.45) is 5.62. The van der Waals surface area contributed by atoms with Crippen LogP contribution in [0.3, 0.4) is 0 Å². The maximum atomic E-state index is 6.54. The number of hydrogen-bond donors (Lipinski definition) is 2. The van der Waals surface area contributed by atoms with Crippen LogP contribution in [0.15, 0.2) is 78.9 Å². The molecule has 3 unspecified atom stereocenters. The quantitative estimate of drug-likeness (QED) is 0.438. The Morgan fingerprint density at radius 3 is 2.43 bits per heavy atom. The van der Waals surface area contributed by atoms with Crippen molar-refractivity contribution in [2.45, 2.75) is 18.4 Å². The summed E-state index contributed by atoms with van der Waals surface area (Å²) in [5, 5.41) is 8.67. The fraction of sp³-hybridized carbons (Fsp3) is 0.167. The Morgan fingerprint density at radius 1 is 0.857 bits per heavy atom. The van der Waals surface area contributed by atoms with Crippen molar-refractivity contribution in [3.8, 4) is 0 Å². The van der Waals surface area contributed by atoms with Crippen LogP contribution in [0.1, 0.15) is 29.5 Å². The molecule has 0 saturated carbocycles. The van der Waals surface area contributed by atoms with Crippen molar-refractivity contribution < 1.29 is 0 Å². The molecule has 3 aromatic carbocycles. The molecule has 0 saturated heterocycles. The maximum Gasteiger partial charge on any atom is 0.0583 e. The lowest BCUT2D eigenvalue weighted by atomic mass is 9.77. The largest absolute Gasteiger partial charge is 0.378 e. The molecule has 0 bridgehead atoms. The SMILES string of the molecule is Clc1cccc(Cl)c1C1Nc2ccc(Nc3ccccc3)cc2C2C=CCC21. The van der Waals surface area contributed by atoms with Crippen molar-refractivity contribution in [1.82, 2.24) is 0 Å². The minimum absolute atomic E-state index is 0.0987. The van der Waals surface area contributed by atoms with Crippen LogP contribution >= 0.6 is 23.2 Å². The molecule has 2 nitrogen and oxygen atoms in total.